The molecule has 0 bridgehead atoms. The Kier molecular flexibility index (Phi) is 35.7. The molecule has 0 heterocycles. The minimum absolute atomic E-state index is 0.217. The minimum atomic E-state index is -2.08. The van der Waals surface area contributed by atoms with Crippen molar-refractivity contribution in [3.8, 4) is 11.5 Å². The Morgan fingerprint density at radius 1 is 0.437 bits per heavy atom. The summed E-state index contributed by atoms with van der Waals surface area (Å²) >= 11 is 6.09. The number of ether oxygens (including phenoxy) is 2. The summed E-state index contributed by atoms with van der Waals surface area (Å²) in [5, 5.41) is 0. The number of carbonyl (C=O) groups excluding carboxylic acids is 2. The van der Waals surface area contributed by atoms with Crippen LogP contribution in [-0.2, 0) is 34.0 Å². The second-order valence-electron chi connectivity index (χ2n) is 22.9. The van der Waals surface area contributed by atoms with Crippen molar-refractivity contribution in [1.29, 1.82) is 0 Å². The molecule has 2 aromatic rings. The van der Waals surface area contributed by atoms with Gasteiger partial charge in [0.15, 0.2) is 0 Å². The molecule has 0 amide bonds. The van der Waals surface area contributed by atoms with E-state index in [4.69, 9.17) is 34.5 Å². The van der Waals surface area contributed by atoms with E-state index in [2.05, 4.69) is 55.4 Å². The number of hydrogen-bond donors (Lipinski definition) is 0. The lowest BCUT2D eigenvalue weighted by Crippen LogP contribution is -2.18. The van der Waals surface area contributed by atoms with Gasteiger partial charge in [0.25, 0.3) is 0 Å². The first kappa shape index (κ1) is 64.8. The fourth-order valence-electron chi connectivity index (χ4n) is 9.34. The van der Waals surface area contributed by atoms with E-state index >= 15 is 0 Å². The smallest absolute Gasteiger partial charge is 0.465 e. The summed E-state index contributed by atoms with van der Waals surface area (Å²) in [4.78, 5) is 26.4. The molecule has 2 aromatic carbocycles. The topological polar surface area (TPSA) is 80.3 Å². The van der Waals surface area contributed by atoms with Crippen LogP contribution < -0.4 is 9.05 Å². The monoisotopic (exact) mass is 1030 g/mol. The largest absolute Gasteiger partial charge is 0.481 e. The fraction of sp³-hybridized carbons (Fsp3) is 0.774. The molecule has 0 N–H and O–H groups in total. The van der Waals surface area contributed by atoms with Gasteiger partial charge in [0.1, 0.15) is 11.5 Å². The molecule has 0 aliphatic carbocycles. The highest BCUT2D eigenvalue weighted by atomic mass is 35.5. The molecule has 9 heteroatoms. The number of esters is 2. The predicted octanol–water partition coefficient (Wildman–Crippen LogP) is 21.0. The van der Waals surface area contributed by atoms with Crippen molar-refractivity contribution in [3.05, 3.63) is 58.7 Å². The number of halogens is 1. The van der Waals surface area contributed by atoms with E-state index < -0.39 is 20.4 Å². The Labute approximate surface area is 443 Å². The maximum atomic E-state index is 13.2. The van der Waals surface area contributed by atoms with Crippen molar-refractivity contribution in [3.63, 3.8) is 0 Å². The second-order valence-corrected chi connectivity index (χ2v) is 24.2. The summed E-state index contributed by atoms with van der Waals surface area (Å²) in [6.07, 6.45) is 41.9. The second kappa shape index (κ2) is 39.1. The summed E-state index contributed by atoms with van der Waals surface area (Å²) in [5.74, 6) is -0.164. The highest BCUT2D eigenvalue weighted by Gasteiger charge is 2.30. The Hall–Kier alpha value is -2.34. The molecule has 2 rings (SSSR count). The van der Waals surface area contributed by atoms with Crippen LogP contribution in [0.1, 0.15) is 309 Å². The molecule has 0 fully saturated rings. The van der Waals surface area contributed by atoms with Crippen molar-refractivity contribution in [2.24, 2.45) is 0 Å². The summed E-state index contributed by atoms with van der Waals surface area (Å²) < 4.78 is 29.6. The Morgan fingerprint density at radius 2 is 0.690 bits per heavy atom. The van der Waals surface area contributed by atoms with E-state index in [1.807, 2.05) is 50.2 Å². The molecule has 408 valence electrons. The van der Waals surface area contributed by atoms with Crippen LogP contribution in [0.25, 0.3) is 0 Å². The predicted molar refractivity (Wildman–Crippen MR) is 303 cm³/mol. The summed E-state index contributed by atoms with van der Waals surface area (Å²) in [5.41, 5.74) is 2.86. The van der Waals surface area contributed by atoms with E-state index in [9.17, 15) is 9.59 Å². The molecule has 0 aliphatic heterocycles. The fourth-order valence-corrected chi connectivity index (χ4v) is 10.2. The molecular weight excluding hydrogens is 923 g/mol. The van der Waals surface area contributed by atoms with Crippen LogP contribution in [0.5, 0.6) is 11.5 Å². The quantitative estimate of drug-likeness (QED) is 0.0372. The van der Waals surface area contributed by atoms with E-state index in [0.29, 0.717) is 24.7 Å². The Balaban J connectivity index is 1.81. The van der Waals surface area contributed by atoms with E-state index in [0.717, 1.165) is 47.9 Å². The summed E-state index contributed by atoms with van der Waals surface area (Å²) in [6.45, 7) is 21.9. The minimum Gasteiger partial charge on any atom is -0.465 e. The van der Waals surface area contributed by atoms with Gasteiger partial charge in [0.2, 0.25) is 0 Å². The molecular formula is C62H106ClO7P. The highest BCUT2D eigenvalue weighted by molar-refractivity contribution is 7.43. The van der Waals surface area contributed by atoms with Gasteiger partial charge in [0, 0.05) is 11.1 Å². The molecule has 0 spiro atoms. The van der Waals surface area contributed by atoms with Crippen LogP contribution >= 0.6 is 20.5 Å². The van der Waals surface area contributed by atoms with Crippen LogP contribution in [-0.4, -0.2) is 25.2 Å². The third-order valence-corrected chi connectivity index (χ3v) is 15.4. The average molecular weight is 1030 g/mol. The molecule has 0 aromatic heterocycles. The van der Waals surface area contributed by atoms with Gasteiger partial charge in [0.05, 0.1) is 36.9 Å². The lowest BCUT2D eigenvalue weighted by Gasteiger charge is -2.27. The van der Waals surface area contributed by atoms with Crippen molar-refractivity contribution in [1.82, 2.24) is 0 Å². The normalized spacial score (nSPS) is 13.2. The zero-order chi connectivity index (χ0) is 52.2. The number of benzene rings is 2. The van der Waals surface area contributed by atoms with Gasteiger partial charge in [-0.3, -0.25) is 9.59 Å². The van der Waals surface area contributed by atoms with Gasteiger partial charge < -0.3 is 18.5 Å². The summed E-state index contributed by atoms with van der Waals surface area (Å²) in [7, 11) is -2.08. The van der Waals surface area contributed by atoms with Gasteiger partial charge in [-0.1, -0.05) is 272 Å². The molecule has 0 aliphatic rings. The van der Waals surface area contributed by atoms with Crippen LogP contribution in [0.15, 0.2) is 36.4 Å². The third-order valence-electron chi connectivity index (χ3n) is 14.2. The third kappa shape index (κ3) is 29.4. The van der Waals surface area contributed by atoms with Crippen LogP contribution in [0.4, 0.5) is 0 Å². The molecule has 0 saturated carbocycles. The van der Waals surface area contributed by atoms with Crippen LogP contribution in [0, 0.1) is 0 Å². The van der Waals surface area contributed by atoms with Crippen molar-refractivity contribution in [2.45, 2.75) is 297 Å². The average Bonchev–Trinajstić information content (AvgIpc) is 3.34. The standard InChI is InChI=1S/C62H106ClO7P/c1-11-13-15-17-19-21-23-25-27-29-31-33-35-37-39-41-47-66-59(64)51(3)53-43-45-57(55(49-53)61(5,6)7)68-71(70-63)69-58-46-44-54(50-56(58)62(8,9)10)52(4)60(65)67-48-42-40-38-36-34-32-30-28-26-24-22-20-18-16-14-12-2/h43-46,49-52H,11-42,47-48H2,1-10H3. The molecule has 2 unspecified atom stereocenters. The van der Waals surface area contributed by atoms with Gasteiger partial charge in [-0.15, -0.1) is 0 Å². The van der Waals surface area contributed by atoms with Gasteiger partial charge >= 0.3 is 20.5 Å². The SMILES string of the molecule is CCCCCCCCCCCCCCCCCCOC(=O)C(C)c1ccc(OP(OCl)Oc2ccc(C(C)C(=O)OCCCCCCCCCCCCCCCCCC)cc2C(C)(C)C)c(C(C)(C)C)c1. The molecule has 2 atom stereocenters. The zero-order valence-corrected chi connectivity index (χ0v) is 49.0. The van der Waals surface area contributed by atoms with E-state index in [-0.39, 0.29) is 22.8 Å². The zero-order valence-electron chi connectivity index (χ0n) is 47.3. The molecule has 0 saturated heterocycles. The van der Waals surface area contributed by atoms with Gasteiger partial charge in [-0.2, -0.15) is 4.08 Å². The van der Waals surface area contributed by atoms with Crippen molar-refractivity contribution < 1.29 is 32.2 Å². The lowest BCUT2D eigenvalue weighted by molar-refractivity contribution is -0.146. The van der Waals surface area contributed by atoms with Gasteiger partial charge in [-0.05, 0) is 60.8 Å². The van der Waals surface area contributed by atoms with Gasteiger partial charge in [-0.25, -0.2) is 0 Å². The maximum Gasteiger partial charge on any atom is 0.481 e. The number of hydrogen-bond acceptors (Lipinski definition) is 7. The first-order valence-electron chi connectivity index (χ1n) is 29.2. The number of rotatable bonds is 43. The van der Waals surface area contributed by atoms with Crippen LogP contribution in [0.2, 0.25) is 0 Å². The van der Waals surface area contributed by atoms with Crippen LogP contribution in [0.3, 0.4) is 0 Å². The molecule has 7 nitrogen and oxygen atoms in total. The summed E-state index contributed by atoms with van der Waals surface area (Å²) in [6, 6.07) is 11.6. The van der Waals surface area contributed by atoms with Crippen molar-refractivity contribution in [2.75, 3.05) is 13.2 Å². The van der Waals surface area contributed by atoms with Crippen molar-refractivity contribution >= 4 is 32.4 Å². The first-order valence-corrected chi connectivity index (χ1v) is 30.6. The molecule has 0 radical (unpaired) electrons. The Bertz CT molecular complexity index is 1550. The number of carbonyl (C=O) groups is 2. The molecule has 71 heavy (non-hydrogen) atoms. The Morgan fingerprint density at radius 3 is 0.930 bits per heavy atom. The highest BCUT2D eigenvalue weighted by Crippen LogP contribution is 2.48. The maximum absolute atomic E-state index is 13.2. The van der Waals surface area contributed by atoms with E-state index in [1.165, 1.54) is 180 Å². The first-order chi connectivity index (χ1) is 34.1. The van der Waals surface area contributed by atoms with E-state index in [1.54, 1.807) is 0 Å². The number of unbranched alkanes of at least 4 members (excludes halogenated alkanes) is 30. The lowest BCUT2D eigenvalue weighted by atomic mass is 9.84.